The van der Waals surface area contributed by atoms with Crippen LogP contribution < -0.4 is 19.7 Å². The molecule has 1 aliphatic heterocycles. The molecule has 2 heterocycles. The average Bonchev–Trinajstić information content (AvgIpc) is 2.58. The zero-order valence-electron chi connectivity index (χ0n) is 12.8. The van der Waals surface area contributed by atoms with Crippen molar-refractivity contribution in [2.75, 3.05) is 30.5 Å². The molecule has 124 valence electrons. The number of ether oxygens (including phenoxy) is 2. The molecule has 3 rings (SSSR count). The first-order chi connectivity index (χ1) is 11.6. The molecule has 1 aromatic heterocycles. The number of halogens is 1. The van der Waals surface area contributed by atoms with Crippen LogP contribution in [0.4, 0.5) is 11.5 Å². The van der Waals surface area contributed by atoms with Gasteiger partial charge in [-0.25, -0.2) is 4.98 Å². The normalized spacial score (nSPS) is 13.1. The molecule has 0 spiro atoms. The van der Waals surface area contributed by atoms with Crippen molar-refractivity contribution >= 4 is 34.9 Å². The van der Waals surface area contributed by atoms with Crippen molar-refractivity contribution in [3.63, 3.8) is 0 Å². The fourth-order valence-electron chi connectivity index (χ4n) is 2.28. The SMILES string of the molecule is COc1ccc(NC(=O)CN2C(=O)COc3cccnc32)cc1Cl. The Morgan fingerprint density at radius 2 is 2.29 bits per heavy atom. The van der Waals surface area contributed by atoms with E-state index in [-0.39, 0.29) is 25.0 Å². The molecule has 1 N–H and O–H groups in total. The van der Waals surface area contributed by atoms with E-state index in [4.69, 9.17) is 21.1 Å². The maximum atomic E-state index is 12.3. The third-order valence-corrected chi connectivity index (χ3v) is 3.69. The Bertz CT molecular complexity index is 797. The first-order valence-electron chi connectivity index (χ1n) is 7.10. The number of nitrogens with zero attached hydrogens (tertiary/aromatic N) is 2. The van der Waals surface area contributed by atoms with Crippen molar-refractivity contribution in [3.8, 4) is 11.5 Å². The van der Waals surface area contributed by atoms with Gasteiger partial charge in [0, 0.05) is 11.9 Å². The van der Waals surface area contributed by atoms with E-state index >= 15 is 0 Å². The molecular weight excluding hydrogens is 334 g/mol. The first-order valence-corrected chi connectivity index (χ1v) is 7.48. The van der Waals surface area contributed by atoms with E-state index in [0.717, 1.165) is 0 Å². The van der Waals surface area contributed by atoms with Crippen LogP contribution in [0, 0.1) is 0 Å². The first kappa shape index (κ1) is 16.1. The summed E-state index contributed by atoms with van der Waals surface area (Å²) in [5.74, 6) is 0.609. The zero-order valence-corrected chi connectivity index (χ0v) is 13.5. The van der Waals surface area contributed by atoms with Crippen LogP contribution in [-0.4, -0.2) is 37.1 Å². The van der Waals surface area contributed by atoms with Crippen LogP contribution in [0.5, 0.6) is 11.5 Å². The molecular formula is C16H14ClN3O4. The highest BCUT2D eigenvalue weighted by Crippen LogP contribution is 2.29. The summed E-state index contributed by atoms with van der Waals surface area (Å²) in [6.45, 7) is -0.295. The fourth-order valence-corrected chi connectivity index (χ4v) is 2.54. The number of benzene rings is 1. The van der Waals surface area contributed by atoms with Gasteiger partial charge in [-0.1, -0.05) is 11.6 Å². The molecule has 0 unspecified atom stereocenters. The largest absolute Gasteiger partial charge is 0.495 e. The second-order valence-electron chi connectivity index (χ2n) is 4.99. The van der Waals surface area contributed by atoms with Crippen LogP contribution in [0.1, 0.15) is 0 Å². The van der Waals surface area contributed by atoms with E-state index in [0.29, 0.717) is 28.0 Å². The van der Waals surface area contributed by atoms with Crippen molar-refractivity contribution in [2.45, 2.75) is 0 Å². The molecule has 1 aromatic carbocycles. The van der Waals surface area contributed by atoms with Gasteiger partial charge in [0.15, 0.2) is 18.2 Å². The summed E-state index contributed by atoms with van der Waals surface area (Å²) in [6.07, 6.45) is 1.54. The highest BCUT2D eigenvalue weighted by molar-refractivity contribution is 6.32. The Kier molecular flexibility index (Phi) is 4.52. The summed E-state index contributed by atoms with van der Waals surface area (Å²) in [5.41, 5.74) is 0.507. The summed E-state index contributed by atoms with van der Waals surface area (Å²) in [4.78, 5) is 29.7. The number of rotatable bonds is 4. The highest BCUT2D eigenvalue weighted by atomic mass is 35.5. The monoisotopic (exact) mass is 347 g/mol. The van der Waals surface area contributed by atoms with E-state index in [1.54, 1.807) is 30.3 Å². The van der Waals surface area contributed by atoms with Crippen LogP contribution >= 0.6 is 11.6 Å². The summed E-state index contributed by atoms with van der Waals surface area (Å²) in [7, 11) is 1.51. The summed E-state index contributed by atoms with van der Waals surface area (Å²) in [5, 5.41) is 3.07. The standard InChI is InChI=1S/C16H14ClN3O4/c1-23-12-5-4-10(7-11(12)17)19-14(21)8-20-15(22)9-24-13-3-2-6-18-16(13)20/h2-7H,8-9H2,1H3,(H,19,21). The lowest BCUT2D eigenvalue weighted by Crippen LogP contribution is -2.43. The summed E-state index contributed by atoms with van der Waals surface area (Å²) < 4.78 is 10.4. The topological polar surface area (TPSA) is 80.8 Å². The van der Waals surface area contributed by atoms with Crippen LogP contribution in [0.15, 0.2) is 36.5 Å². The Labute approximate surface area is 143 Å². The number of pyridine rings is 1. The molecule has 8 heteroatoms. The van der Waals surface area contributed by atoms with Gasteiger partial charge in [-0.05, 0) is 30.3 Å². The quantitative estimate of drug-likeness (QED) is 0.916. The molecule has 0 bridgehead atoms. The third kappa shape index (κ3) is 3.26. The van der Waals surface area contributed by atoms with E-state index in [1.165, 1.54) is 18.2 Å². The Morgan fingerprint density at radius 3 is 3.04 bits per heavy atom. The maximum Gasteiger partial charge on any atom is 0.266 e. The number of amides is 2. The number of hydrogen-bond acceptors (Lipinski definition) is 5. The fraction of sp³-hybridized carbons (Fsp3) is 0.188. The molecule has 0 aliphatic carbocycles. The number of nitrogens with one attached hydrogen (secondary N) is 1. The molecule has 2 aromatic rings. The van der Waals surface area contributed by atoms with Gasteiger partial charge in [-0.15, -0.1) is 0 Å². The minimum atomic E-state index is -0.372. The maximum absolute atomic E-state index is 12.3. The van der Waals surface area contributed by atoms with Crippen molar-refractivity contribution in [3.05, 3.63) is 41.6 Å². The minimum absolute atomic E-state index is 0.125. The van der Waals surface area contributed by atoms with Gasteiger partial charge in [0.1, 0.15) is 12.3 Å². The van der Waals surface area contributed by atoms with Crippen molar-refractivity contribution in [2.24, 2.45) is 0 Å². The number of anilines is 2. The molecule has 24 heavy (non-hydrogen) atoms. The van der Waals surface area contributed by atoms with Gasteiger partial charge in [-0.2, -0.15) is 0 Å². The van der Waals surface area contributed by atoms with Crippen molar-refractivity contribution in [1.29, 1.82) is 0 Å². The third-order valence-electron chi connectivity index (χ3n) is 3.40. The van der Waals surface area contributed by atoms with Gasteiger partial charge >= 0.3 is 0 Å². The number of carbonyl (C=O) groups excluding carboxylic acids is 2. The second kappa shape index (κ2) is 6.76. The van der Waals surface area contributed by atoms with E-state index in [2.05, 4.69) is 10.3 Å². The van der Waals surface area contributed by atoms with Gasteiger partial charge in [0.2, 0.25) is 5.91 Å². The van der Waals surface area contributed by atoms with E-state index in [9.17, 15) is 9.59 Å². The molecule has 7 nitrogen and oxygen atoms in total. The van der Waals surface area contributed by atoms with E-state index in [1.807, 2.05) is 0 Å². The summed E-state index contributed by atoms with van der Waals surface area (Å²) >= 11 is 6.03. The molecule has 0 saturated carbocycles. The van der Waals surface area contributed by atoms with Crippen LogP contribution in [-0.2, 0) is 9.59 Å². The van der Waals surface area contributed by atoms with Crippen LogP contribution in [0.2, 0.25) is 5.02 Å². The highest BCUT2D eigenvalue weighted by Gasteiger charge is 2.28. The minimum Gasteiger partial charge on any atom is -0.495 e. The Balaban J connectivity index is 1.73. The smallest absolute Gasteiger partial charge is 0.266 e. The average molecular weight is 348 g/mol. The molecule has 1 aliphatic rings. The lowest BCUT2D eigenvalue weighted by Gasteiger charge is -2.27. The van der Waals surface area contributed by atoms with Crippen molar-refractivity contribution < 1.29 is 19.1 Å². The predicted molar refractivity (Wildman–Crippen MR) is 88.7 cm³/mol. The number of fused-ring (bicyclic) bond motifs is 1. The lowest BCUT2D eigenvalue weighted by atomic mass is 10.3. The van der Waals surface area contributed by atoms with Gasteiger partial charge in [-0.3, -0.25) is 14.5 Å². The number of methoxy groups -OCH3 is 1. The summed E-state index contributed by atoms with van der Waals surface area (Å²) in [6, 6.07) is 8.28. The van der Waals surface area contributed by atoms with Crippen LogP contribution in [0.25, 0.3) is 0 Å². The van der Waals surface area contributed by atoms with E-state index < -0.39 is 0 Å². The predicted octanol–water partition coefficient (Wildman–Crippen LogP) is 2.11. The molecule has 0 fully saturated rings. The number of aromatic nitrogens is 1. The van der Waals surface area contributed by atoms with Gasteiger partial charge in [0.25, 0.3) is 5.91 Å². The second-order valence-corrected chi connectivity index (χ2v) is 5.40. The Hall–Kier alpha value is -2.80. The number of carbonyl (C=O) groups is 2. The molecule has 0 saturated heterocycles. The molecule has 0 radical (unpaired) electrons. The van der Waals surface area contributed by atoms with Gasteiger partial charge < -0.3 is 14.8 Å². The number of hydrogen-bond donors (Lipinski definition) is 1. The Morgan fingerprint density at radius 1 is 1.46 bits per heavy atom. The molecule has 2 amide bonds. The zero-order chi connectivity index (χ0) is 17.1. The van der Waals surface area contributed by atoms with Crippen LogP contribution in [0.3, 0.4) is 0 Å². The van der Waals surface area contributed by atoms with Gasteiger partial charge in [0.05, 0.1) is 12.1 Å². The van der Waals surface area contributed by atoms with Crippen molar-refractivity contribution in [1.82, 2.24) is 4.98 Å². The molecule has 0 atom stereocenters. The lowest BCUT2D eigenvalue weighted by molar-refractivity contribution is -0.123.